The van der Waals surface area contributed by atoms with E-state index in [1.54, 1.807) is 0 Å². The smallest absolute Gasteiger partial charge is 0.227 e. The van der Waals surface area contributed by atoms with Gasteiger partial charge in [0.15, 0.2) is 5.13 Å². The molecular formula is C25H37N5O2S. The lowest BCUT2D eigenvalue weighted by Gasteiger charge is -2.45. The molecule has 180 valence electrons. The predicted molar refractivity (Wildman–Crippen MR) is 131 cm³/mol. The number of carbonyl (C=O) groups excluding carboxylic acids is 1. The maximum atomic E-state index is 12.3. The third-order valence-electron chi connectivity index (χ3n) is 7.38. The fraction of sp³-hybridized carbons (Fsp3) is 0.720. The molecule has 0 bridgehead atoms. The summed E-state index contributed by atoms with van der Waals surface area (Å²) in [5.74, 6) is 1.46. The van der Waals surface area contributed by atoms with E-state index in [4.69, 9.17) is 9.51 Å². The van der Waals surface area contributed by atoms with Gasteiger partial charge in [0.25, 0.3) is 0 Å². The van der Waals surface area contributed by atoms with Crippen molar-refractivity contribution in [3.63, 3.8) is 0 Å². The van der Waals surface area contributed by atoms with E-state index in [0.717, 1.165) is 63.6 Å². The van der Waals surface area contributed by atoms with Crippen molar-refractivity contribution in [2.24, 2.45) is 11.3 Å². The highest BCUT2D eigenvalue weighted by Gasteiger charge is 2.36. The minimum atomic E-state index is 0.0446. The molecule has 7 nitrogen and oxygen atoms in total. The number of carbonyl (C=O) groups is 1. The Morgan fingerprint density at radius 1 is 1.27 bits per heavy atom. The maximum Gasteiger partial charge on any atom is 0.227 e. The van der Waals surface area contributed by atoms with Gasteiger partial charge >= 0.3 is 0 Å². The summed E-state index contributed by atoms with van der Waals surface area (Å²) in [5.41, 5.74) is 2.58. The van der Waals surface area contributed by atoms with Crippen LogP contribution in [0.5, 0.6) is 0 Å². The zero-order valence-corrected chi connectivity index (χ0v) is 21.0. The fourth-order valence-corrected chi connectivity index (χ4v) is 6.64. The standard InChI is InChI=1S/C25H37N5O2S/c1-17-12-20(32-28-17)13-23(31)26-19-6-4-18(5-7-19)8-10-29-11-9-22-21(14-29)27-24(33-22)30-15-25(2,3)16-30/h12,18-19H,4-11,13-16H2,1-3H3,(H,26,31)/t18-,19-. The van der Waals surface area contributed by atoms with Crippen LogP contribution in [0.4, 0.5) is 5.13 Å². The number of thiazole rings is 1. The minimum Gasteiger partial charge on any atom is -0.361 e. The van der Waals surface area contributed by atoms with Gasteiger partial charge in [-0.15, -0.1) is 11.3 Å². The number of nitrogens with one attached hydrogen (secondary N) is 1. The number of fused-ring (bicyclic) bond motifs is 1. The van der Waals surface area contributed by atoms with E-state index in [1.165, 1.54) is 35.0 Å². The second-order valence-corrected chi connectivity index (χ2v) is 12.2. The molecule has 1 saturated carbocycles. The molecule has 5 rings (SSSR count). The zero-order chi connectivity index (χ0) is 23.0. The lowest BCUT2D eigenvalue weighted by molar-refractivity contribution is -0.121. The SMILES string of the molecule is Cc1cc(CC(=O)N[C@H]2CC[C@H](CCN3CCc4sc(N5CC(C)(C)C5)nc4C3)CC2)on1. The number of aromatic nitrogens is 2. The molecule has 1 N–H and O–H groups in total. The number of hydrogen-bond acceptors (Lipinski definition) is 7. The first-order valence-corrected chi connectivity index (χ1v) is 13.3. The normalized spacial score (nSPS) is 24.9. The second-order valence-electron chi connectivity index (χ2n) is 11.1. The maximum absolute atomic E-state index is 12.3. The molecular weight excluding hydrogens is 434 g/mol. The molecule has 2 aromatic rings. The van der Waals surface area contributed by atoms with Gasteiger partial charge in [-0.2, -0.15) is 0 Å². The van der Waals surface area contributed by atoms with Gasteiger partial charge in [-0.1, -0.05) is 19.0 Å². The average molecular weight is 472 g/mol. The van der Waals surface area contributed by atoms with E-state index in [0.29, 0.717) is 17.2 Å². The molecule has 3 aliphatic rings. The molecule has 2 aromatic heterocycles. The lowest BCUT2D eigenvalue weighted by atomic mass is 9.84. The Labute approximate surface area is 200 Å². The van der Waals surface area contributed by atoms with Crippen LogP contribution in [0.2, 0.25) is 0 Å². The number of hydrogen-bond donors (Lipinski definition) is 1. The van der Waals surface area contributed by atoms with Crippen LogP contribution in [-0.2, 0) is 24.2 Å². The molecule has 2 aliphatic heterocycles. The van der Waals surface area contributed by atoms with Gasteiger partial charge in [0, 0.05) is 43.2 Å². The average Bonchev–Trinajstić information content (AvgIpc) is 3.36. The van der Waals surface area contributed by atoms with Crippen LogP contribution >= 0.6 is 11.3 Å². The van der Waals surface area contributed by atoms with E-state index in [-0.39, 0.29) is 12.3 Å². The van der Waals surface area contributed by atoms with Gasteiger partial charge < -0.3 is 14.7 Å². The van der Waals surface area contributed by atoms with Gasteiger partial charge in [0.1, 0.15) is 5.76 Å². The topological polar surface area (TPSA) is 74.5 Å². The molecule has 0 radical (unpaired) electrons. The van der Waals surface area contributed by atoms with Crippen molar-refractivity contribution >= 4 is 22.4 Å². The van der Waals surface area contributed by atoms with Gasteiger partial charge in [-0.25, -0.2) is 4.98 Å². The van der Waals surface area contributed by atoms with Crippen LogP contribution in [0.1, 0.15) is 68.0 Å². The highest BCUT2D eigenvalue weighted by molar-refractivity contribution is 7.15. The van der Waals surface area contributed by atoms with Gasteiger partial charge in [0.05, 0.1) is 17.8 Å². The first-order chi connectivity index (χ1) is 15.8. The third-order valence-corrected chi connectivity index (χ3v) is 8.60. The van der Waals surface area contributed by atoms with E-state index in [9.17, 15) is 4.79 Å². The number of amides is 1. The van der Waals surface area contributed by atoms with Crippen LogP contribution < -0.4 is 10.2 Å². The van der Waals surface area contributed by atoms with E-state index in [1.807, 2.05) is 24.3 Å². The van der Waals surface area contributed by atoms with Crippen molar-refractivity contribution in [2.45, 2.75) is 78.3 Å². The monoisotopic (exact) mass is 471 g/mol. The van der Waals surface area contributed by atoms with Gasteiger partial charge in [-0.05, 0) is 63.3 Å². The van der Waals surface area contributed by atoms with Crippen molar-refractivity contribution in [1.29, 1.82) is 0 Å². The highest BCUT2D eigenvalue weighted by atomic mass is 32.1. The minimum absolute atomic E-state index is 0.0446. The van der Waals surface area contributed by atoms with Gasteiger partial charge in [-0.3, -0.25) is 9.69 Å². The fourth-order valence-electron chi connectivity index (χ4n) is 5.58. The Kier molecular flexibility index (Phi) is 6.49. The quantitative estimate of drug-likeness (QED) is 0.659. The Morgan fingerprint density at radius 3 is 2.76 bits per heavy atom. The Balaban J connectivity index is 1.02. The molecule has 33 heavy (non-hydrogen) atoms. The van der Waals surface area contributed by atoms with Crippen molar-refractivity contribution in [2.75, 3.05) is 31.1 Å². The predicted octanol–water partition coefficient (Wildman–Crippen LogP) is 3.95. The van der Waals surface area contributed by atoms with Crippen LogP contribution in [0.15, 0.2) is 10.6 Å². The molecule has 2 fully saturated rings. The molecule has 0 aromatic carbocycles. The largest absolute Gasteiger partial charge is 0.361 e. The molecule has 1 amide bonds. The molecule has 0 atom stereocenters. The first kappa shape index (κ1) is 22.8. The zero-order valence-electron chi connectivity index (χ0n) is 20.2. The Hall–Kier alpha value is -1.93. The summed E-state index contributed by atoms with van der Waals surface area (Å²) < 4.78 is 5.16. The van der Waals surface area contributed by atoms with Crippen LogP contribution in [0.3, 0.4) is 0 Å². The molecule has 0 unspecified atom stereocenters. The Morgan fingerprint density at radius 2 is 2.06 bits per heavy atom. The van der Waals surface area contributed by atoms with E-state index in [2.05, 4.69) is 34.1 Å². The van der Waals surface area contributed by atoms with Crippen LogP contribution in [-0.4, -0.2) is 53.2 Å². The highest BCUT2D eigenvalue weighted by Crippen LogP contribution is 2.38. The second kappa shape index (κ2) is 9.37. The summed E-state index contributed by atoms with van der Waals surface area (Å²) in [6.45, 7) is 12.1. The Bertz CT molecular complexity index is 967. The molecule has 0 spiro atoms. The van der Waals surface area contributed by atoms with E-state index >= 15 is 0 Å². The van der Waals surface area contributed by atoms with Crippen molar-refractivity contribution in [3.8, 4) is 0 Å². The molecule has 4 heterocycles. The molecule has 1 saturated heterocycles. The lowest BCUT2D eigenvalue weighted by Crippen LogP contribution is -2.53. The summed E-state index contributed by atoms with van der Waals surface area (Å²) in [4.78, 5) is 23.8. The third kappa shape index (κ3) is 5.60. The van der Waals surface area contributed by atoms with Crippen molar-refractivity contribution in [3.05, 3.63) is 28.1 Å². The van der Waals surface area contributed by atoms with Crippen molar-refractivity contribution in [1.82, 2.24) is 20.4 Å². The summed E-state index contributed by atoms with van der Waals surface area (Å²) in [5, 5.41) is 8.28. The summed E-state index contributed by atoms with van der Waals surface area (Å²) >= 11 is 1.92. The summed E-state index contributed by atoms with van der Waals surface area (Å²) in [6, 6.07) is 2.13. The molecule has 1 aliphatic carbocycles. The van der Waals surface area contributed by atoms with E-state index < -0.39 is 0 Å². The van der Waals surface area contributed by atoms with Gasteiger partial charge in [0.2, 0.25) is 5.91 Å². The number of nitrogens with zero attached hydrogens (tertiary/aromatic N) is 4. The molecule has 8 heteroatoms. The van der Waals surface area contributed by atoms with Crippen LogP contribution in [0.25, 0.3) is 0 Å². The first-order valence-electron chi connectivity index (χ1n) is 12.5. The summed E-state index contributed by atoms with van der Waals surface area (Å²) in [7, 11) is 0. The number of rotatable bonds is 7. The number of aryl methyl sites for hydroxylation is 1. The summed E-state index contributed by atoms with van der Waals surface area (Å²) in [6.07, 6.45) is 7.26. The van der Waals surface area contributed by atoms with Crippen molar-refractivity contribution < 1.29 is 9.32 Å². The van der Waals surface area contributed by atoms with Crippen LogP contribution in [0, 0.1) is 18.3 Å². The number of anilines is 1.